The molecule has 2 amide bonds. The van der Waals surface area contributed by atoms with Gasteiger partial charge >= 0.3 is 0 Å². The van der Waals surface area contributed by atoms with Crippen LogP contribution in [-0.4, -0.2) is 33.3 Å². The maximum Gasteiger partial charge on any atom is 0.238 e. The number of thiocarbonyl (C=S) groups is 1. The van der Waals surface area contributed by atoms with E-state index in [2.05, 4.69) is 12.2 Å². The second-order valence-electron chi connectivity index (χ2n) is 5.16. The Morgan fingerprint density at radius 3 is 2.64 bits per heavy atom. The summed E-state index contributed by atoms with van der Waals surface area (Å²) in [7, 11) is 0. The van der Waals surface area contributed by atoms with E-state index in [1.165, 1.54) is 17.3 Å². The summed E-state index contributed by atoms with van der Waals surface area (Å²) in [5.74, 6) is 0.539. The number of aryl methyl sites for hydroxylation is 1. The Kier molecular flexibility index (Phi) is 6.39. The van der Waals surface area contributed by atoms with Crippen molar-refractivity contribution in [3.05, 3.63) is 29.8 Å². The zero-order valence-corrected chi connectivity index (χ0v) is 14.3. The SMILES string of the molecule is CCc1ccc(NC(=O)CCCCN2C(=O)CSC2=S)cc1. The van der Waals surface area contributed by atoms with Gasteiger partial charge in [-0.15, -0.1) is 0 Å². The Bertz CT molecular complexity index is 542. The van der Waals surface area contributed by atoms with Gasteiger partial charge in [0.25, 0.3) is 0 Å². The molecular formula is C16H20N2O2S2. The summed E-state index contributed by atoms with van der Waals surface area (Å²) in [4.78, 5) is 25.1. The molecule has 4 nitrogen and oxygen atoms in total. The molecule has 6 heteroatoms. The quantitative estimate of drug-likeness (QED) is 0.613. The molecular weight excluding hydrogens is 316 g/mol. The average molecular weight is 336 g/mol. The number of rotatable bonds is 7. The molecule has 2 rings (SSSR count). The first-order valence-corrected chi connectivity index (χ1v) is 8.85. The molecule has 0 spiro atoms. The molecule has 1 heterocycles. The van der Waals surface area contributed by atoms with Crippen molar-refractivity contribution in [1.29, 1.82) is 0 Å². The van der Waals surface area contributed by atoms with Crippen LogP contribution in [0.4, 0.5) is 5.69 Å². The van der Waals surface area contributed by atoms with Crippen LogP contribution >= 0.6 is 24.0 Å². The summed E-state index contributed by atoms with van der Waals surface area (Å²) < 4.78 is 0.658. The van der Waals surface area contributed by atoms with Crippen LogP contribution in [0.1, 0.15) is 31.7 Å². The number of nitrogens with zero attached hydrogens (tertiary/aromatic N) is 1. The largest absolute Gasteiger partial charge is 0.326 e. The maximum absolute atomic E-state index is 11.9. The lowest BCUT2D eigenvalue weighted by Gasteiger charge is -2.14. The number of amides is 2. The first-order chi connectivity index (χ1) is 10.6. The van der Waals surface area contributed by atoms with Gasteiger partial charge in [0, 0.05) is 18.7 Å². The summed E-state index contributed by atoms with van der Waals surface area (Å²) in [6.45, 7) is 2.71. The Morgan fingerprint density at radius 2 is 2.05 bits per heavy atom. The maximum atomic E-state index is 11.9. The first-order valence-electron chi connectivity index (χ1n) is 7.46. The summed E-state index contributed by atoms with van der Waals surface area (Å²) in [6.07, 6.45) is 2.98. The van der Waals surface area contributed by atoms with E-state index in [9.17, 15) is 9.59 Å². The highest BCUT2D eigenvalue weighted by Crippen LogP contribution is 2.19. The van der Waals surface area contributed by atoms with Crippen molar-refractivity contribution in [2.45, 2.75) is 32.6 Å². The van der Waals surface area contributed by atoms with Gasteiger partial charge in [0.2, 0.25) is 11.8 Å². The predicted octanol–water partition coefficient (Wildman–Crippen LogP) is 3.22. The van der Waals surface area contributed by atoms with E-state index >= 15 is 0 Å². The number of thioether (sulfide) groups is 1. The Labute approximate surface area is 140 Å². The van der Waals surface area contributed by atoms with Crippen molar-refractivity contribution < 1.29 is 9.59 Å². The predicted molar refractivity (Wildman–Crippen MR) is 95.1 cm³/mol. The van der Waals surface area contributed by atoms with Gasteiger partial charge < -0.3 is 5.32 Å². The number of anilines is 1. The molecule has 0 saturated carbocycles. The third kappa shape index (κ3) is 4.81. The van der Waals surface area contributed by atoms with Gasteiger partial charge in [0.15, 0.2) is 0 Å². The minimum absolute atomic E-state index is 0.00829. The molecule has 1 aliphatic heterocycles. The molecule has 0 atom stereocenters. The van der Waals surface area contributed by atoms with E-state index in [-0.39, 0.29) is 11.8 Å². The molecule has 0 bridgehead atoms. The van der Waals surface area contributed by atoms with Crippen molar-refractivity contribution in [2.24, 2.45) is 0 Å². The molecule has 118 valence electrons. The Hall–Kier alpha value is -1.40. The molecule has 0 aliphatic carbocycles. The van der Waals surface area contributed by atoms with E-state index in [4.69, 9.17) is 12.2 Å². The zero-order valence-electron chi connectivity index (χ0n) is 12.6. The van der Waals surface area contributed by atoms with Crippen LogP contribution in [0, 0.1) is 0 Å². The van der Waals surface area contributed by atoms with Crippen LogP contribution in [0.3, 0.4) is 0 Å². The first kappa shape index (κ1) is 17.0. The van der Waals surface area contributed by atoms with E-state index in [0.29, 0.717) is 23.0 Å². The number of nitrogens with one attached hydrogen (secondary N) is 1. The fourth-order valence-electron chi connectivity index (χ4n) is 2.20. The smallest absolute Gasteiger partial charge is 0.238 e. The molecule has 0 aromatic heterocycles. The summed E-state index contributed by atoms with van der Waals surface area (Å²) in [5.41, 5.74) is 2.08. The minimum atomic E-state index is 0.00829. The van der Waals surface area contributed by atoms with Gasteiger partial charge in [-0.3, -0.25) is 14.5 Å². The van der Waals surface area contributed by atoms with Crippen LogP contribution < -0.4 is 5.32 Å². The van der Waals surface area contributed by atoms with Crippen LogP contribution in [0.25, 0.3) is 0 Å². The minimum Gasteiger partial charge on any atom is -0.326 e. The van der Waals surface area contributed by atoms with Crippen LogP contribution in [-0.2, 0) is 16.0 Å². The van der Waals surface area contributed by atoms with Crippen LogP contribution in [0.2, 0.25) is 0 Å². The highest BCUT2D eigenvalue weighted by molar-refractivity contribution is 8.23. The molecule has 0 radical (unpaired) electrons. The molecule has 1 fully saturated rings. The third-order valence-corrected chi connectivity index (χ3v) is 4.95. The van der Waals surface area contributed by atoms with Gasteiger partial charge in [-0.25, -0.2) is 0 Å². The highest BCUT2D eigenvalue weighted by Gasteiger charge is 2.25. The second kappa shape index (κ2) is 8.29. The van der Waals surface area contributed by atoms with Gasteiger partial charge in [0.1, 0.15) is 4.32 Å². The number of benzene rings is 1. The van der Waals surface area contributed by atoms with Crippen molar-refractivity contribution in [3.63, 3.8) is 0 Å². The lowest BCUT2D eigenvalue weighted by molar-refractivity contribution is -0.124. The summed E-state index contributed by atoms with van der Waals surface area (Å²) in [6, 6.07) is 7.89. The summed E-state index contributed by atoms with van der Waals surface area (Å²) in [5, 5.41) is 2.89. The zero-order chi connectivity index (χ0) is 15.9. The standard InChI is InChI=1S/C16H20N2O2S2/c1-2-12-6-8-13(9-7-12)17-14(19)5-3-4-10-18-15(20)11-22-16(18)21/h6-9H,2-5,10-11H2,1H3,(H,17,19). The van der Waals surface area contributed by atoms with Crippen molar-refractivity contribution in [1.82, 2.24) is 4.90 Å². The number of hydrogen-bond acceptors (Lipinski definition) is 4. The fraction of sp³-hybridized carbons (Fsp3) is 0.438. The topological polar surface area (TPSA) is 49.4 Å². The fourth-order valence-corrected chi connectivity index (χ4v) is 3.32. The molecule has 1 aromatic rings. The van der Waals surface area contributed by atoms with E-state index in [1.54, 1.807) is 4.90 Å². The van der Waals surface area contributed by atoms with Gasteiger partial charge in [-0.2, -0.15) is 0 Å². The molecule has 22 heavy (non-hydrogen) atoms. The third-order valence-electron chi connectivity index (χ3n) is 3.52. The van der Waals surface area contributed by atoms with Crippen molar-refractivity contribution in [3.8, 4) is 0 Å². The number of unbranched alkanes of at least 4 members (excludes halogenated alkanes) is 1. The lowest BCUT2D eigenvalue weighted by atomic mass is 10.1. The molecule has 1 aliphatic rings. The van der Waals surface area contributed by atoms with Crippen molar-refractivity contribution in [2.75, 3.05) is 17.6 Å². The average Bonchev–Trinajstić information content (AvgIpc) is 2.83. The normalized spacial score (nSPS) is 14.5. The van der Waals surface area contributed by atoms with Gasteiger partial charge in [0.05, 0.1) is 5.75 Å². The molecule has 1 saturated heterocycles. The Balaban J connectivity index is 1.67. The highest BCUT2D eigenvalue weighted by atomic mass is 32.2. The molecule has 0 unspecified atom stereocenters. The van der Waals surface area contributed by atoms with E-state index in [0.717, 1.165) is 24.9 Å². The van der Waals surface area contributed by atoms with Crippen LogP contribution in [0.15, 0.2) is 24.3 Å². The monoisotopic (exact) mass is 336 g/mol. The molecule has 1 aromatic carbocycles. The summed E-state index contributed by atoms with van der Waals surface area (Å²) >= 11 is 6.53. The van der Waals surface area contributed by atoms with E-state index in [1.807, 2.05) is 24.3 Å². The Morgan fingerprint density at radius 1 is 1.32 bits per heavy atom. The van der Waals surface area contributed by atoms with Crippen molar-refractivity contribution >= 4 is 45.8 Å². The second-order valence-corrected chi connectivity index (χ2v) is 6.76. The van der Waals surface area contributed by atoms with Crippen LogP contribution in [0.5, 0.6) is 0 Å². The molecule has 1 N–H and O–H groups in total. The lowest BCUT2D eigenvalue weighted by Crippen LogP contribution is -2.29. The van der Waals surface area contributed by atoms with E-state index < -0.39 is 0 Å². The number of hydrogen-bond donors (Lipinski definition) is 1. The van der Waals surface area contributed by atoms with Gasteiger partial charge in [-0.05, 0) is 37.0 Å². The number of carbonyl (C=O) groups is 2. The van der Waals surface area contributed by atoms with Gasteiger partial charge in [-0.1, -0.05) is 43.0 Å². The number of carbonyl (C=O) groups excluding carboxylic acids is 2.